The Labute approximate surface area is 61.8 Å². The van der Waals surface area contributed by atoms with Crippen LogP contribution in [0.2, 0.25) is 0 Å². The largest absolute Gasteiger partial charge is 0.484 e. The Morgan fingerprint density at radius 3 is 2.18 bits per heavy atom. The molecule has 1 amide bonds. The molecule has 1 rings (SSSR count). The number of rotatable bonds is 1. The summed E-state index contributed by atoms with van der Waals surface area (Å²) in [6, 6.07) is 0. The van der Waals surface area contributed by atoms with Crippen molar-refractivity contribution < 1.29 is 18.0 Å². The van der Waals surface area contributed by atoms with Crippen LogP contribution in [0.4, 0.5) is 13.2 Å². The molecule has 2 nitrogen and oxygen atoms in total. The van der Waals surface area contributed by atoms with Gasteiger partial charge in [0.2, 0.25) is 5.91 Å². The van der Waals surface area contributed by atoms with Gasteiger partial charge in [0.25, 0.3) is 0 Å². The molecule has 5 heteroatoms. The first-order valence-electron chi connectivity index (χ1n) is 3.38. The number of amides is 1. The SMILES string of the molecule is O=C(NC(F)(F)F)C1CCC1. The number of carbonyl (C=O) groups is 1. The fourth-order valence-corrected chi connectivity index (χ4v) is 0.912. The summed E-state index contributed by atoms with van der Waals surface area (Å²) in [4.78, 5) is 10.6. The predicted octanol–water partition coefficient (Wildman–Crippen LogP) is 1.42. The van der Waals surface area contributed by atoms with Gasteiger partial charge in [0.15, 0.2) is 0 Å². The molecule has 1 aliphatic carbocycles. The zero-order valence-corrected chi connectivity index (χ0v) is 5.74. The van der Waals surface area contributed by atoms with E-state index in [0.29, 0.717) is 12.8 Å². The van der Waals surface area contributed by atoms with E-state index < -0.39 is 18.1 Å². The lowest BCUT2D eigenvalue weighted by Crippen LogP contribution is -2.42. The van der Waals surface area contributed by atoms with Crippen LogP contribution < -0.4 is 5.32 Å². The molecule has 0 saturated heterocycles. The van der Waals surface area contributed by atoms with Crippen molar-refractivity contribution in [3.8, 4) is 0 Å². The second-order valence-corrected chi connectivity index (χ2v) is 2.61. The molecule has 11 heavy (non-hydrogen) atoms. The molecule has 0 aromatic rings. The molecule has 0 spiro atoms. The summed E-state index contributed by atoms with van der Waals surface area (Å²) in [5.74, 6) is -1.29. The molecule has 0 unspecified atom stereocenters. The molecule has 0 aromatic heterocycles. The van der Waals surface area contributed by atoms with Gasteiger partial charge in [0.1, 0.15) is 0 Å². The molecule has 1 saturated carbocycles. The van der Waals surface area contributed by atoms with Crippen molar-refractivity contribution in [1.82, 2.24) is 5.32 Å². The molecule has 64 valence electrons. The minimum absolute atomic E-state index is 0.406. The molecule has 1 N–H and O–H groups in total. The Morgan fingerprint density at radius 2 is 1.91 bits per heavy atom. The number of nitrogens with one attached hydrogen (secondary N) is 1. The van der Waals surface area contributed by atoms with Crippen LogP contribution in [0.25, 0.3) is 0 Å². The molecule has 0 heterocycles. The molecular weight excluding hydrogens is 159 g/mol. The van der Waals surface area contributed by atoms with Gasteiger partial charge >= 0.3 is 6.30 Å². The maximum atomic E-state index is 11.5. The van der Waals surface area contributed by atoms with Crippen LogP contribution in [0.5, 0.6) is 0 Å². The molecule has 0 atom stereocenters. The smallest absolute Gasteiger partial charge is 0.275 e. The fraction of sp³-hybridized carbons (Fsp3) is 0.833. The first-order valence-corrected chi connectivity index (χ1v) is 3.38. The molecule has 0 aromatic carbocycles. The Balaban J connectivity index is 2.31. The fourth-order valence-electron chi connectivity index (χ4n) is 0.912. The van der Waals surface area contributed by atoms with Crippen LogP contribution in [-0.4, -0.2) is 12.2 Å². The average molecular weight is 167 g/mol. The van der Waals surface area contributed by atoms with Gasteiger partial charge in [-0.05, 0) is 12.8 Å². The molecule has 1 fully saturated rings. The van der Waals surface area contributed by atoms with Crippen molar-refractivity contribution in [2.75, 3.05) is 0 Å². The number of alkyl halides is 3. The monoisotopic (exact) mass is 167 g/mol. The molecule has 1 aliphatic rings. The number of halogens is 3. The highest BCUT2D eigenvalue weighted by atomic mass is 19.4. The quantitative estimate of drug-likeness (QED) is 0.588. The van der Waals surface area contributed by atoms with E-state index in [1.165, 1.54) is 0 Å². The lowest BCUT2D eigenvalue weighted by molar-refractivity contribution is -0.173. The van der Waals surface area contributed by atoms with Gasteiger partial charge in [0, 0.05) is 5.92 Å². The summed E-state index contributed by atoms with van der Waals surface area (Å²) in [5.41, 5.74) is 0. The highest BCUT2D eigenvalue weighted by Gasteiger charge is 2.35. The van der Waals surface area contributed by atoms with Gasteiger partial charge in [-0.15, -0.1) is 0 Å². The van der Waals surface area contributed by atoms with Crippen molar-refractivity contribution in [2.24, 2.45) is 5.92 Å². The van der Waals surface area contributed by atoms with E-state index in [0.717, 1.165) is 11.7 Å². The van der Waals surface area contributed by atoms with Crippen LogP contribution >= 0.6 is 0 Å². The number of hydrogen-bond donors (Lipinski definition) is 1. The highest BCUT2D eigenvalue weighted by Crippen LogP contribution is 2.27. The zero-order valence-electron chi connectivity index (χ0n) is 5.74. The van der Waals surface area contributed by atoms with Gasteiger partial charge in [0.05, 0.1) is 0 Å². The minimum atomic E-state index is -4.56. The van der Waals surface area contributed by atoms with Gasteiger partial charge in [-0.1, -0.05) is 6.42 Å². The van der Waals surface area contributed by atoms with Crippen LogP contribution in [-0.2, 0) is 4.79 Å². The molecular formula is C6H8F3NO. The van der Waals surface area contributed by atoms with Crippen molar-refractivity contribution in [3.05, 3.63) is 0 Å². The lowest BCUT2D eigenvalue weighted by Gasteiger charge is -2.24. The molecule has 0 bridgehead atoms. The van der Waals surface area contributed by atoms with Crippen molar-refractivity contribution in [1.29, 1.82) is 0 Å². The molecule has 0 aliphatic heterocycles. The van der Waals surface area contributed by atoms with Crippen LogP contribution in [0, 0.1) is 5.92 Å². The normalized spacial score (nSPS) is 19.2. The third-order valence-corrected chi connectivity index (χ3v) is 1.74. The van der Waals surface area contributed by atoms with E-state index in [9.17, 15) is 18.0 Å². The summed E-state index contributed by atoms with van der Waals surface area (Å²) in [7, 11) is 0. The number of carbonyl (C=O) groups excluding carboxylic acids is 1. The van der Waals surface area contributed by atoms with E-state index in [2.05, 4.69) is 0 Å². The third kappa shape index (κ3) is 2.40. The van der Waals surface area contributed by atoms with E-state index in [4.69, 9.17) is 0 Å². The highest BCUT2D eigenvalue weighted by molar-refractivity contribution is 5.79. The first-order chi connectivity index (χ1) is 4.99. The lowest BCUT2D eigenvalue weighted by atomic mass is 9.85. The van der Waals surface area contributed by atoms with E-state index in [1.54, 1.807) is 0 Å². The summed E-state index contributed by atoms with van der Waals surface area (Å²) in [5, 5.41) is 0.982. The number of hydrogen-bond acceptors (Lipinski definition) is 1. The molecule has 0 radical (unpaired) electrons. The van der Waals surface area contributed by atoms with E-state index in [1.807, 2.05) is 0 Å². The Bertz CT molecular complexity index is 162. The maximum absolute atomic E-state index is 11.5. The van der Waals surface area contributed by atoms with Crippen molar-refractivity contribution >= 4 is 5.91 Å². The second-order valence-electron chi connectivity index (χ2n) is 2.61. The first kappa shape index (κ1) is 8.36. The predicted molar refractivity (Wildman–Crippen MR) is 31.5 cm³/mol. The minimum Gasteiger partial charge on any atom is -0.275 e. The second kappa shape index (κ2) is 2.71. The van der Waals surface area contributed by atoms with Crippen molar-refractivity contribution in [3.63, 3.8) is 0 Å². The van der Waals surface area contributed by atoms with Crippen LogP contribution in [0.1, 0.15) is 19.3 Å². The van der Waals surface area contributed by atoms with Crippen LogP contribution in [0.3, 0.4) is 0 Å². The Hall–Kier alpha value is -0.740. The third-order valence-electron chi connectivity index (χ3n) is 1.74. The standard InChI is InChI=1S/C6H8F3NO/c7-6(8,9)10-5(11)4-2-1-3-4/h4H,1-3H2,(H,10,11). The summed E-state index contributed by atoms with van der Waals surface area (Å²) in [6.45, 7) is 0. The van der Waals surface area contributed by atoms with Gasteiger partial charge in [-0.3, -0.25) is 10.1 Å². The summed E-state index contributed by atoms with van der Waals surface area (Å²) < 4.78 is 34.5. The van der Waals surface area contributed by atoms with Gasteiger partial charge < -0.3 is 0 Å². The van der Waals surface area contributed by atoms with E-state index >= 15 is 0 Å². The Kier molecular flexibility index (Phi) is 2.06. The van der Waals surface area contributed by atoms with Gasteiger partial charge in [-0.2, -0.15) is 13.2 Å². The van der Waals surface area contributed by atoms with Crippen LogP contribution in [0.15, 0.2) is 0 Å². The van der Waals surface area contributed by atoms with Gasteiger partial charge in [-0.25, -0.2) is 0 Å². The Morgan fingerprint density at radius 1 is 1.36 bits per heavy atom. The average Bonchev–Trinajstić information content (AvgIpc) is 1.50. The topological polar surface area (TPSA) is 29.1 Å². The summed E-state index contributed by atoms with van der Waals surface area (Å²) >= 11 is 0. The van der Waals surface area contributed by atoms with E-state index in [-0.39, 0.29) is 0 Å². The summed E-state index contributed by atoms with van der Waals surface area (Å²) in [6.07, 6.45) is -2.54. The van der Waals surface area contributed by atoms with Crippen molar-refractivity contribution in [2.45, 2.75) is 25.6 Å². The maximum Gasteiger partial charge on any atom is 0.484 e. The zero-order chi connectivity index (χ0) is 8.48.